The van der Waals surface area contributed by atoms with Crippen LogP contribution >= 0.6 is 12.6 Å². The van der Waals surface area contributed by atoms with Crippen LogP contribution in [0.25, 0.3) is 5.95 Å². The minimum atomic E-state index is -0.445. The number of aromatic nitrogens is 4. The van der Waals surface area contributed by atoms with E-state index in [0.29, 0.717) is 28.7 Å². The van der Waals surface area contributed by atoms with Crippen molar-refractivity contribution in [1.82, 2.24) is 19.7 Å². The Labute approximate surface area is 157 Å². The van der Waals surface area contributed by atoms with E-state index in [1.807, 2.05) is 50.2 Å². The Balaban J connectivity index is 2.17. The zero-order valence-corrected chi connectivity index (χ0v) is 15.8. The normalized spacial score (nSPS) is 10.8. The molecule has 2 aromatic heterocycles. The second-order valence-electron chi connectivity index (χ2n) is 5.89. The van der Waals surface area contributed by atoms with Gasteiger partial charge >= 0.3 is 5.97 Å². The van der Waals surface area contributed by atoms with Gasteiger partial charge in [-0.3, -0.25) is 0 Å². The zero-order valence-electron chi connectivity index (χ0n) is 14.9. The lowest BCUT2D eigenvalue weighted by Crippen LogP contribution is -2.13. The molecule has 3 rings (SSSR count). The number of carbonyl (C=O) groups is 1. The van der Waals surface area contributed by atoms with Crippen molar-refractivity contribution in [1.29, 1.82) is 0 Å². The molecule has 0 radical (unpaired) electrons. The highest BCUT2D eigenvalue weighted by molar-refractivity contribution is 7.80. The Kier molecular flexibility index (Phi) is 5.37. The number of esters is 1. The van der Waals surface area contributed by atoms with Crippen LogP contribution in [-0.2, 0) is 11.2 Å². The minimum Gasteiger partial charge on any atom is -0.462 e. The molecule has 2 heterocycles. The molecule has 0 saturated carbocycles. The van der Waals surface area contributed by atoms with Crippen LogP contribution in [0.15, 0.2) is 41.4 Å². The van der Waals surface area contributed by atoms with E-state index in [0.717, 1.165) is 17.0 Å². The van der Waals surface area contributed by atoms with Crippen molar-refractivity contribution in [2.75, 3.05) is 6.61 Å². The average molecular weight is 368 g/mol. The lowest BCUT2D eigenvalue weighted by molar-refractivity contribution is 0.0521. The third-order valence-electron chi connectivity index (χ3n) is 3.82. The summed E-state index contributed by atoms with van der Waals surface area (Å²) in [6.07, 6.45) is 0.485. The molecule has 1 aromatic carbocycles. The van der Waals surface area contributed by atoms with Crippen molar-refractivity contribution >= 4 is 18.6 Å². The van der Waals surface area contributed by atoms with Gasteiger partial charge in [-0.1, -0.05) is 30.3 Å². The number of carbonyl (C=O) groups excluding carboxylic acids is 1. The summed E-state index contributed by atoms with van der Waals surface area (Å²) in [4.78, 5) is 21.4. The van der Waals surface area contributed by atoms with Crippen LogP contribution in [0.2, 0.25) is 0 Å². The molecular weight excluding hydrogens is 348 g/mol. The van der Waals surface area contributed by atoms with E-state index in [1.54, 1.807) is 11.6 Å². The van der Waals surface area contributed by atoms with E-state index in [-0.39, 0.29) is 6.61 Å². The van der Waals surface area contributed by atoms with Gasteiger partial charge in [0, 0.05) is 17.8 Å². The van der Waals surface area contributed by atoms with Crippen LogP contribution in [0.3, 0.4) is 0 Å². The van der Waals surface area contributed by atoms with Crippen LogP contribution in [0.1, 0.15) is 39.9 Å². The van der Waals surface area contributed by atoms with Crippen LogP contribution in [0.5, 0.6) is 0 Å². The van der Waals surface area contributed by atoms with E-state index in [9.17, 15) is 4.79 Å². The summed E-state index contributed by atoms with van der Waals surface area (Å²) in [7, 11) is 0. The predicted molar refractivity (Wildman–Crippen MR) is 101 cm³/mol. The molecule has 0 aliphatic rings. The number of ether oxygens (including phenoxy) is 1. The molecule has 26 heavy (non-hydrogen) atoms. The first kappa shape index (κ1) is 18.1. The van der Waals surface area contributed by atoms with E-state index in [2.05, 4.69) is 27.7 Å². The van der Waals surface area contributed by atoms with E-state index in [1.165, 1.54) is 0 Å². The second-order valence-corrected chi connectivity index (χ2v) is 6.31. The molecule has 0 fully saturated rings. The molecule has 0 saturated heterocycles. The van der Waals surface area contributed by atoms with Gasteiger partial charge in [-0.05, 0) is 32.4 Å². The molecule has 3 aromatic rings. The number of hydrogen-bond donors (Lipinski definition) is 1. The summed E-state index contributed by atoms with van der Waals surface area (Å²) in [5.41, 5.74) is 3.70. The number of thiol groups is 1. The molecule has 0 unspecified atom stereocenters. The fourth-order valence-corrected chi connectivity index (χ4v) is 3.08. The van der Waals surface area contributed by atoms with Gasteiger partial charge in [0.15, 0.2) is 0 Å². The molecule has 0 aliphatic carbocycles. The smallest absolute Gasteiger partial charge is 0.342 e. The van der Waals surface area contributed by atoms with E-state index < -0.39 is 5.97 Å². The Morgan fingerprint density at radius 2 is 1.81 bits per heavy atom. The fraction of sp³-hybridized carbons (Fsp3) is 0.263. The highest BCUT2D eigenvalue weighted by atomic mass is 32.1. The summed E-state index contributed by atoms with van der Waals surface area (Å²) in [5.74, 6) is -0.0293. The molecular formula is C19H20N4O2S. The molecule has 0 atom stereocenters. The topological polar surface area (TPSA) is 69.9 Å². The van der Waals surface area contributed by atoms with Crippen molar-refractivity contribution in [3.8, 4) is 5.95 Å². The van der Waals surface area contributed by atoms with Crippen LogP contribution < -0.4 is 0 Å². The Hall–Kier alpha value is -2.67. The summed E-state index contributed by atoms with van der Waals surface area (Å²) in [5, 5.41) is 4.72. The molecule has 134 valence electrons. The summed E-state index contributed by atoms with van der Waals surface area (Å²) >= 11 is 4.40. The van der Waals surface area contributed by atoms with Gasteiger partial charge in [-0.15, -0.1) is 12.6 Å². The standard InChI is InChI=1S/C19H20N4O2S/c1-4-25-18(24)16-15(11-14-8-6-5-7-9-14)23(22-17(16)26)19-20-12(2)10-13(3)21-19/h5-10H,4,11H2,1-3H3,(H,22,26). The largest absolute Gasteiger partial charge is 0.462 e. The maximum Gasteiger partial charge on any atom is 0.342 e. The summed E-state index contributed by atoms with van der Waals surface area (Å²) < 4.78 is 6.79. The van der Waals surface area contributed by atoms with Gasteiger partial charge < -0.3 is 4.74 Å². The lowest BCUT2D eigenvalue weighted by Gasteiger charge is -2.09. The molecule has 0 aliphatic heterocycles. The minimum absolute atomic E-state index is 0.280. The molecule has 0 bridgehead atoms. The zero-order chi connectivity index (χ0) is 18.7. The van der Waals surface area contributed by atoms with Crippen LogP contribution in [0, 0.1) is 13.8 Å². The van der Waals surface area contributed by atoms with E-state index in [4.69, 9.17) is 4.74 Å². The number of rotatable bonds is 5. The Morgan fingerprint density at radius 1 is 1.15 bits per heavy atom. The maximum atomic E-state index is 12.5. The summed E-state index contributed by atoms with van der Waals surface area (Å²) in [6, 6.07) is 11.7. The fourth-order valence-electron chi connectivity index (χ4n) is 2.77. The molecule has 0 spiro atoms. The van der Waals surface area contributed by atoms with Gasteiger partial charge in [0.05, 0.1) is 12.3 Å². The number of aryl methyl sites for hydroxylation is 2. The molecule has 0 N–H and O–H groups in total. The Bertz CT molecular complexity index is 918. The molecule has 0 amide bonds. The highest BCUT2D eigenvalue weighted by Crippen LogP contribution is 2.24. The quantitative estimate of drug-likeness (QED) is 0.552. The van der Waals surface area contributed by atoms with Crippen molar-refractivity contribution in [3.05, 3.63) is 64.6 Å². The third kappa shape index (κ3) is 3.77. The van der Waals surface area contributed by atoms with Crippen molar-refractivity contribution in [2.45, 2.75) is 32.2 Å². The Morgan fingerprint density at radius 3 is 2.42 bits per heavy atom. The first-order valence-corrected chi connectivity index (χ1v) is 8.79. The van der Waals surface area contributed by atoms with Gasteiger partial charge in [0.1, 0.15) is 10.6 Å². The maximum absolute atomic E-state index is 12.5. The lowest BCUT2D eigenvalue weighted by atomic mass is 10.1. The number of hydrogen-bond acceptors (Lipinski definition) is 6. The first-order chi connectivity index (χ1) is 12.5. The van der Waals surface area contributed by atoms with E-state index >= 15 is 0 Å². The third-order valence-corrected chi connectivity index (χ3v) is 4.13. The van der Waals surface area contributed by atoms with Crippen molar-refractivity contribution < 1.29 is 9.53 Å². The first-order valence-electron chi connectivity index (χ1n) is 8.34. The van der Waals surface area contributed by atoms with Crippen LogP contribution in [0.4, 0.5) is 0 Å². The van der Waals surface area contributed by atoms with Gasteiger partial charge in [0.2, 0.25) is 0 Å². The highest BCUT2D eigenvalue weighted by Gasteiger charge is 2.25. The average Bonchev–Trinajstić information content (AvgIpc) is 2.91. The SMILES string of the molecule is CCOC(=O)c1c(S)nn(-c2nc(C)cc(C)n2)c1Cc1ccccc1. The van der Waals surface area contributed by atoms with Gasteiger partial charge in [0.25, 0.3) is 5.95 Å². The number of nitrogens with zero attached hydrogens (tertiary/aromatic N) is 4. The number of benzene rings is 1. The summed E-state index contributed by atoms with van der Waals surface area (Å²) in [6.45, 7) is 5.84. The molecule has 6 nitrogen and oxygen atoms in total. The predicted octanol–water partition coefficient (Wildman–Crippen LogP) is 3.34. The molecule has 7 heteroatoms. The van der Waals surface area contributed by atoms with Crippen molar-refractivity contribution in [3.63, 3.8) is 0 Å². The van der Waals surface area contributed by atoms with Gasteiger partial charge in [-0.2, -0.15) is 5.10 Å². The second kappa shape index (κ2) is 7.70. The monoisotopic (exact) mass is 368 g/mol. The van der Waals surface area contributed by atoms with Crippen LogP contribution in [-0.4, -0.2) is 32.3 Å². The van der Waals surface area contributed by atoms with Gasteiger partial charge in [-0.25, -0.2) is 19.4 Å². The van der Waals surface area contributed by atoms with Crippen molar-refractivity contribution in [2.24, 2.45) is 0 Å².